The molecule has 0 spiro atoms. The van der Waals surface area contributed by atoms with Crippen molar-refractivity contribution in [2.45, 2.75) is 13.3 Å². The van der Waals surface area contributed by atoms with Gasteiger partial charge < -0.3 is 19.3 Å². The van der Waals surface area contributed by atoms with Gasteiger partial charge in [-0.25, -0.2) is 4.79 Å². The molecular formula is C18H20O5. The summed E-state index contributed by atoms with van der Waals surface area (Å²) in [6.07, 6.45) is 0.709. The number of rotatable bonds is 9. The fourth-order valence-corrected chi connectivity index (χ4v) is 1.97. The maximum atomic E-state index is 10.8. The van der Waals surface area contributed by atoms with Crippen LogP contribution in [0.2, 0.25) is 0 Å². The molecule has 0 unspecified atom stereocenters. The van der Waals surface area contributed by atoms with Gasteiger partial charge in [-0.1, -0.05) is 12.1 Å². The van der Waals surface area contributed by atoms with Gasteiger partial charge in [0.15, 0.2) is 11.5 Å². The van der Waals surface area contributed by atoms with Crippen LogP contribution in [0.1, 0.15) is 23.7 Å². The predicted molar refractivity (Wildman–Crippen MR) is 86.6 cm³/mol. The van der Waals surface area contributed by atoms with Crippen LogP contribution in [0.4, 0.5) is 0 Å². The van der Waals surface area contributed by atoms with E-state index in [1.807, 2.05) is 31.2 Å². The summed E-state index contributed by atoms with van der Waals surface area (Å²) in [6, 6.07) is 13.9. The maximum absolute atomic E-state index is 10.8. The first-order valence-corrected chi connectivity index (χ1v) is 7.51. The fraction of sp³-hybridized carbons (Fsp3) is 0.278. The minimum Gasteiger partial charge on any atom is -0.493 e. The number of benzene rings is 2. The van der Waals surface area contributed by atoms with Crippen LogP contribution in [-0.2, 0) is 0 Å². The summed E-state index contributed by atoms with van der Waals surface area (Å²) in [7, 11) is 0. The van der Waals surface area contributed by atoms with Gasteiger partial charge in [0.25, 0.3) is 0 Å². The molecule has 1 N–H and O–H groups in total. The average molecular weight is 316 g/mol. The number of hydrogen-bond donors (Lipinski definition) is 1. The largest absolute Gasteiger partial charge is 0.493 e. The van der Waals surface area contributed by atoms with Crippen LogP contribution in [0, 0.1) is 0 Å². The Balaban J connectivity index is 1.72. The van der Waals surface area contributed by atoms with Crippen molar-refractivity contribution in [2.75, 3.05) is 19.8 Å². The molecule has 2 rings (SSSR count). The molecule has 0 fully saturated rings. The van der Waals surface area contributed by atoms with Crippen molar-refractivity contribution in [1.82, 2.24) is 0 Å². The van der Waals surface area contributed by atoms with E-state index in [9.17, 15) is 4.79 Å². The van der Waals surface area contributed by atoms with Crippen LogP contribution >= 0.6 is 0 Å². The second-order valence-electron chi connectivity index (χ2n) is 4.76. The highest BCUT2D eigenvalue weighted by Gasteiger charge is 2.04. The van der Waals surface area contributed by atoms with Gasteiger partial charge >= 0.3 is 5.97 Å². The first-order valence-electron chi connectivity index (χ1n) is 7.51. The lowest BCUT2D eigenvalue weighted by atomic mass is 10.2. The molecule has 0 atom stereocenters. The van der Waals surface area contributed by atoms with E-state index in [1.54, 1.807) is 12.1 Å². The summed E-state index contributed by atoms with van der Waals surface area (Å²) in [5, 5.41) is 8.82. The van der Waals surface area contributed by atoms with Crippen LogP contribution < -0.4 is 14.2 Å². The van der Waals surface area contributed by atoms with Crippen molar-refractivity contribution in [3.05, 3.63) is 54.1 Å². The van der Waals surface area contributed by atoms with E-state index in [-0.39, 0.29) is 5.56 Å². The summed E-state index contributed by atoms with van der Waals surface area (Å²) >= 11 is 0. The molecule has 5 heteroatoms. The zero-order valence-electron chi connectivity index (χ0n) is 13.0. The average Bonchev–Trinajstić information content (AvgIpc) is 2.56. The molecule has 2 aromatic rings. The molecule has 5 nitrogen and oxygen atoms in total. The second kappa shape index (κ2) is 8.68. The lowest BCUT2D eigenvalue weighted by Gasteiger charge is -2.12. The first-order chi connectivity index (χ1) is 11.2. The number of para-hydroxylation sites is 2. The minimum atomic E-state index is -0.946. The Kier molecular flexibility index (Phi) is 6.29. The second-order valence-corrected chi connectivity index (χ2v) is 4.76. The molecule has 0 bridgehead atoms. The lowest BCUT2D eigenvalue weighted by Crippen LogP contribution is -2.06. The Morgan fingerprint density at radius 3 is 2.13 bits per heavy atom. The van der Waals surface area contributed by atoms with Crippen molar-refractivity contribution in [1.29, 1.82) is 0 Å². The Morgan fingerprint density at radius 2 is 1.52 bits per heavy atom. The van der Waals surface area contributed by atoms with Crippen molar-refractivity contribution < 1.29 is 24.1 Å². The van der Waals surface area contributed by atoms with Gasteiger partial charge in [-0.15, -0.1) is 0 Å². The van der Waals surface area contributed by atoms with E-state index in [4.69, 9.17) is 19.3 Å². The monoisotopic (exact) mass is 316 g/mol. The molecule has 122 valence electrons. The first kappa shape index (κ1) is 16.7. The molecule has 0 aliphatic heterocycles. The Bertz CT molecular complexity index is 622. The fourth-order valence-electron chi connectivity index (χ4n) is 1.97. The smallest absolute Gasteiger partial charge is 0.335 e. The third kappa shape index (κ3) is 5.21. The topological polar surface area (TPSA) is 65.0 Å². The highest BCUT2D eigenvalue weighted by atomic mass is 16.5. The Labute approximate surface area is 135 Å². The zero-order chi connectivity index (χ0) is 16.5. The molecule has 0 aliphatic rings. The highest BCUT2D eigenvalue weighted by molar-refractivity contribution is 5.87. The Morgan fingerprint density at radius 1 is 0.913 bits per heavy atom. The zero-order valence-corrected chi connectivity index (χ0v) is 13.0. The van der Waals surface area contributed by atoms with Gasteiger partial charge in [0.05, 0.1) is 25.4 Å². The summed E-state index contributed by atoms with van der Waals surface area (Å²) in [5.74, 6) is 1.16. The van der Waals surface area contributed by atoms with E-state index in [0.29, 0.717) is 32.0 Å². The molecule has 0 amide bonds. The summed E-state index contributed by atoms with van der Waals surface area (Å²) in [5.41, 5.74) is 0.244. The van der Waals surface area contributed by atoms with Crippen molar-refractivity contribution in [3.8, 4) is 17.2 Å². The molecule has 0 radical (unpaired) electrons. The van der Waals surface area contributed by atoms with E-state index in [0.717, 1.165) is 11.5 Å². The van der Waals surface area contributed by atoms with Crippen LogP contribution in [0.25, 0.3) is 0 Å². The van der Waals surface area contributed by atoms with Crippen LogP contribution in [0.5, 0.6) is 17.2 Å². The summed E-state index contributed by atoms with van der Waals surface area (Å²) < 4.78 is 16.7. The van der Waals surface area contributed by atoms with E-state index in [2.05, 4.69) is 0 Å². The van der Waals surface area contributed by atoms with Crippen LogP contribution in [0.15, 0.2) is 48.5 Å². The highest BCUT2D eigenvalue weighted by Crippen LogP contribution is 2.26. The van der Waals surface area contributed by atoms with Gasteiger partial charge in [-0.2, -0.15) is 0 Å². The van der Waals surface area contributed by atoms with E-state index < -0.39 is 5.97 Å². The van der Waals surface area contributed by atoms with Gasteiger partial charge in [-0.05, 0) is 43.3 Å². The van der Waals surface area contributed by atoms with Gasteiger partial charge in [-0.3, -0.25) is 0 Å². The predicted octanol–water partition coefficient (Wildman–Crippen LogP) is 3.63. The quantitative estimate of drug-likeness (QED) is 0.716. The van der Waals surface area contributed by atoms with E-state index in [1.165, 1.54) is 12.1 Å². The number of carboxylic acid groups (broad SMARTS) is 1. The van der Waals surface area contributed by atoms with Gasteiger partial charge in [0.1, 0.15) is 5.75 Å². The number of carbonyl (C=O) groups is 1. The SMILES string of the molecule is CCOc1ccccc1OCCCOc1ccc(C(=O)O)cc1. The number of hydrogen-bond acceptors (Lipinski definition) is 4. The molecule has 0 saturated heterocycles. The summed E-state index contributed by atoms with van der Waals surface area (Å²) in [4.78, 5) is 10.8. The lowest BCUT2D eigenvalue weighted by molar-refractivity contribution is 0.0697. The minimum absolute atomic E-state index is 0.244. The molecule has 0 aliphatic carbocycles. The van der Waals surface area contributed by atoms with Crippen LogP contribution in [-0.4, -0.2) is 30.9 Å². The van der Waals surface area contributed by atoms with Crippen molar-refractivity contribution in [3.63, 3.8) is 0 Å². The molecule has 2 aromatic carbocycles. The maximum Gasteiger partial charge on any atom is 0.335 e. The molecule has 0 heterocycles. The number of carboxylic acids is 1. The normalized spacial score (nSPS) is 10.1. The van der Waals surface area contributed by atoms with Crippen LogP contribution in [0.3, 0.4) is 0 Å². The third-order valence-electron chi connectivity index (χ3n) is 3.07. The third-order valence-corrected chi connectivity index (χ3v) is 3.07. The molecular weight excluding hydrogens is 296 g/mol. The van der Waals surface area contributed by atoms with Crippen molar-refractivity contribution >= 4 is 5.97 Å². The summed E-state index contributed by atoms with van der Waals surface area (Å²) in [6.45, 7) is 3.52. The van der Waals surface area contributed by atoms with Crippen molar-refractivity contribution in [2.24, 2.45) is 0 Å². The number of ether oxygens (including phenoxy) is 3. The standard InChI is InChI=1S/C18H20O5/c1-2-21-16-6-3-4-7-17(16)23-13-5-12-22-15-10-8-14(9-11-15)18(19)20/h3-4,6-11H,2,5,12-13H2,1H3,(H,19,20). The van der Waals surface area contributed by atoms with Gasteiger partial charge in [0, 0.05) is 6.42 Å². The van der Waals surface area contributed by atoms with E-state index >= 15 is 0 Å². The van der Waals surface area contributed by atoms with Gasteiger partial charge in [0.2, 0.25) is 0 Å². The molecule has 23 heavy (non-hydrogen) atoms. The Hall–Kier alpha value is -2.69. The molecule has 0 saturated carbocycles. The molecule has 0 aromatic heterocycles. The number of aromatic carboxylic acids is 1.